The summed E-state index contributed by atoms with van der Waals surface area (Å²) in [5.74, 6) is 0.631. The molecule has 0 saturated carbocycles. The molecule has 1 rings (SSSR count). The predicted molar refractivity (Wildman–Crippen MR) is 66.8 cm³/mol. The van der Waals surface area contributed by atoms with E-state index >= 15 is 0 Å². The van der Waals surface area contributed by atoms with Gasteiger partial charge in [0, 0.05) is 18.2 Å². The average molecular weight is 204 g/mol. The second-order valence-electron chi connectivity index (χ2n) is 4.99. The van der Waals surface area contributed by atoms with Gasteiger partial charge in [0.2, 0.25) is 0 Å². The summed E-state index contributed by atoms with van der Waals surface area (Å²) in [4.78, 5) is 1.93. The van der Waals surface area contributed by atoms with Crippen LogP contribution in [0.5, 0.6) is 0 Å². The SMILES string of the molecule is Cc1ccc(N(C)C(=N)C(C)(C)C)cc1. The largest absolute Gasteiger partial charge is 0.333 e. The van der Waals surface area contributed by atoms with E-state index < -0.39 is 0 Å². The Balaban J connectivity index is 2.90. The van der Waals surface area contributed by atoms with Gasteiger partial charge in [-0.05, 0) is 19.1 Å². The van der Waals surface area contributed by atoms with E-state index in [0.29, 0.717) is 5.84 Å². The van der Waals surface area contributed by atoms with Crippen LogP contribution in [0, 0.1) is 17.7 Å². The summed E-state index contributed by atoms with van der Waals surface area (Å²) in [5.41, 5.74) is 2.20. The van der Waals surface area contributed by atoms with Crippen LogP contribution in [-0.2, 0) is 0 Å². The van der Waals surface area contributed by atoms with Gasteiger partial charge in [-0.1, -0.05) is 38.5 Å². The Labute approximate surface area is 92.4 Å². The number of amidine groups is 1. The molecular formula is C13H20N2. The lowest BCUT2D eigenvalue weighted by Gasteiger charge is -2.29. The molecule has 1 N–H and O–H groups in total. The summed E-state index contributed by atoms with van der Waals surface area (Å²) in [6, 6.07) is 8.24. The molecule has 0 amide bonds. The summed E-state index contributed by atoms with van der Waals surface area (Å²) in [5, 5.41) is 8.06. The van der Waals surface area contributed by atoms with Crippen molar-refractivity contribution in [3.8, 4) is 0 Å². The number of hydrogen-bond acceptors (Lipinski definition) is 1. The third kappa shape index (κ3) is 2.82. The molecule has 0 aromatic heterocycles. The second-order valence-corrected chi connectivity index (χ2v) is 4.99. The maximum Gasteiger partial charge on any atom is 0.105 e. The molecule has 0 aliphatic heterocycles. The van der Waals surface area contributed by atoms with Crippen LogP contribution in [-0.4, -0.2) is 12.9 Å². The number of nitrogens with one attached hydrogen (secondary N) is 1. The molecule has 0 bridgehead atoms. The van der Waals surface area contributed by atoms with Gasteiger partial charge in [-0.15, -0.1) is 0 Å². The zero-order valence-corrected chi connectivity index (χ0v) is 10.3. The third-order valence-corrected chi connectivity index (χ3v) is 2.47. The Morgan fingerprint density at radius 3 is 2.00 bits per heavy atom. The summed E-state index contributed by atoms with van der Waals surface area (Å²) in [6.07, 6.45) is 0. The fourth-order valence-corrected chi connectivity index (χ4v) is 1.40. The minimum Gasteiger partial charge on any atom is -0.333 e. The van der Waals surface area contributed by atoms with Crippen LogP contribution in [0.3, 0.4) is 0 Å². The monoisotopic (exact) mass is 204 g/mol. The molecule has 82 valence electrons. The quantitative estimate of drug-likeness (QED) is 0.550. The first-order valence-corrected chi connectivity index (χ1v) is 5.22. The summed E-state index contributed by atoms with van der Waals surface area (Å²) in [7, 11) is 1.94. The number of aryl methyl sites for hydroxylation is 1. The van der Waals surface area contributed by atoms with Crippen LogP contribution in [0.4, 0.5) is 5.69 Å². The molecule has 2 heteroatoms. The first kappa shape index (κ1) is 11.8. The van der Waals surface area contributed by atoms with Gasteiger partial charge in [-0.2, -0.15) is 0 Å². The number of anilines is 1. The molecule has 0 heterocycles. The standard InChI is InChI=1S/C13H20N2/c1-10-6-8-11(9-7-10)15(5)12(14)13(2,3)4/h6-9,14H,1-5H3. The molecule has 0 saturated heterocycles. The molecule has 0 atom stereocenters. The molecule has 1 aromatic carbocycles. The van der Waals surface area contributed by atoms with Crippen molar-refractivity contribution in [1.82, 2.24) is 0 Å². The highest BCUT2D eigenvalue weighted by Gasteiger charge is 2.21. The number of hydrogen-bond donors (Lipinski definition) is 1. The van der Waals surface area contributed by atoms with Crippen molar-refractivity contribution in [3.05, 3.63) is 29.8 Å². The van der Waals surface area contributed by atoms with Gasteiger partial charge < -0.3 is 4.90 Å². The predicted octanol–water partition coefficient (Wildman–Crippen LogP) is 3.45. The fraction of sp³-hybridized carbons (Fsp3) is 0.462. The van der Waals surface area contributed by atoms with Gasteiger partial charge in [0.15, 0.2) is 0 Å². The Bertz CT molecular complexity index is 344. The first-order chi connectivity index (χ1) is 6.82. The van der Waals surface area contributed by atoms with E-state index in [4.69, 9.17) is 5.41 Å². The Hall–Kier alpha value is -1.31. The molecule has 0 fully saturated rings. The first-order valence-electron chi connectivity index (χ1n) is 5.22. The Kier molecular flexibility index (Phi) is 3.18. The van der Waals surface area contributed by atoms with Crippen LogP contribution in [0.1, 0.15) is 26.3 Å². The van der Waals surface area contributed by atoms with Crippen LogP contribution in [0.25, 0.3) is 0 Å². The van der Waals surface area contributed by atoms with Crippen molar-refractivity contribution in [1.29, 1.82) is 5.41 Å². The molecule has 0 unspecified atom stereocenters. The van der Waals surface area contributed by atoms with Crippen molar-refractivity contribution in [2.75, 3.05) is 11.9 Å². The lowest BCUT2D eigenvalue weighted by Crippen LogP contribution is -2.35. The maximum atomic E-state index is 8.06. The Morgan fingerprint density at radius 2 is 1.60 bits per heavy atom. The minimum absolute atomic E-state index is 0.111. The molecule has 0 spiro atoms. The molecule has 0 aliphatic carbocycles. The fourth-order valence-electron chi connectivity index (χ4n) is 1.40. The van der Waals surface area contributed by atoms with E-state index in [9.17, 15) is 0 Å². The lowest BCUT2D eigenvalue weighted by atomic mass is 9.94. The molecule has 1 aromatic rings. The van der Waals surface area contributed by atoms with Gasteiger partial charge in [0.1, 0.15) is 5.84 Å². The van der Waals surface area contributed by atoms with Crippen molar-refractivity contribution >= 4 is 11.5 Å². The van der Waals surface area contributed by atoms with Crippen LogP contribution in [0.2, 0.25) is 0 Å². The lowest BCUT2D eigenvalue weighted by molar-refractivity contribution is 0.576. The van der Waals surface area contributed by atoms with Gasteiger partial charge in [0.05, 0.1) is 0 Å². The van der Waals surface area contributed by atoms with E-state index in [1.807, 2.05) is 11.9 Å². The maximum absolute atomic E-state index is 8.06. The van der Waals surface area contributed by atoms with Gasteiger partial charge >= 0.3 is 0 Å². The highest BCUT2D eigenvalue weighted by Crippen LogP contribution is 2.22. The van der Waals surface area contributed by atoms with E-state index in [1.165, 1.54) is 5.56 Å². The van der Waals surface area contributed by atoms with Gasteiger partial charge in [-0.3, -0.25) is 5.41 Å². The van der Waals surface area contributed by atoms with Crippen molar-refractivity contribution < 1.29 is 0 Å². The van der Waals surface area contributed by atoms with Crippen molar-refractivity contribution in [3.63, 3.8) is 0 Å². The van der Waals surface area contributed by atoms with E-state index in [0.717, 1.165) is 5.69 Å². The summed E-state index contributed by atoms with van der Waals surface area (Å²) >= 11 is 0. The van der Waals surface area contributed by atoms with Crippen LogP contribution >= 0.6 is 0 Å². The van der Waals surface area contributed by atoms with E-state index in [2.05, 4.69) is 52.0 Å². The minimum atomic E-state index is -0.111. The third-order valence-electron chi connectivity index (χ3n) is 2.47. The molecule has 2 nitrogen and oxygen atoms in total. The Morgan fingerprint density at radius 1 is 1.13 bits per heavy atom. The number of rotatable bonds is 1. The molecule has 0 aliphatic rings. The normalized spacial score (nSPS) is 11.3. The summed E-state index contributed by atoms with van der Waals surface area (Å²) in [6.45, 7) is 8.24. The highest BCUT2D eigenvalue weighted by atomic mass is 15.1. The van der Waals surface area contributed by atoms with Gasteiger partial charge in [0.25, 0.3) is 0 Å². The van der Waals surface area contributed by atoms with Gasteiger partial charge in [-0.25, -0.2) is 0 Å². The van der Waals surface area contributed by atoms with Crippen molar-refractivity contribution in [2.24, 2.45) is 5.41 Å². The number of benzene rings is 1. The average Bonchev–Trinajstić information content (AvgIpc) is 2.15. The molecular weight excluding hydrogens is 184 g/mol. The zero-order chi connectivity index (χ0) is 11.6. The topological polar surface area (TPSA) is 27.1 Å². The second kappa shape index (κ2) is 4.05. The highest BCUT2D eigenvalue weighted by molar-refractivity contribution is 5.98. The smallest absolute Gasteiger partial charge is 0.105 e. The molecule has 15 heavy (non-hydrogen) atoms. The summed E-state index contributed by atoms with van der Waals surface area (Å²) < 4.78 is 0. The van der Waals surface area contributed by atoms with Crippen LogP contribution in [0.15, 0.2) is 24.3 Å². The molecule has 0 radical (unpaired) electrons. The van der Waals surface area contributed by atoms with E-state index in [-0.39, 0.29) is 5.41 Å². The number of nitrogens with zero attached hydrogens (tertiary/aromatic N) is 1. The van der Waals surface area contributed by atoms with E-state index in [1.54, 1.807) is 0 Å². The van der Waals surface area contributed by atoms with Crippen LogP contribution < -0.4 is 4.90 Å². The van der Waals surface area contributed by atoms with Crippen molar-refractivity contribution in [2.45, 2.75) is 27.7 Å². The zero-order valence-electron chi connectivity index (χ0n) is 10.3.